The van der Waals surface area contributed by atoms with Gasteiger partial charge in [-0.15, -0.1) is 0 Å². The number of carbonyl (C=O) groups is 5. The topological polar surface area (TPSA) is 131 Å². The lowest BCUT2D eigenvalue weighted by atomic mass is 9.67. The third-order valence-electron chi connectivity index (χ3n) is 8.89. The van der Waals surface area contributed by atoms with Crippen molar-refractivity contribution in [2.45, 2.75) is 70.2 Å². The van der Waals surface area contributed by atoms with Gasteiger partial charge >= 0.3 is 0 Å². The molecule has 1 fully saturated rings. The van der Waals surface area contributed by atoms with Gasteiger partial charge in [0.25, 0.3) is 0 Å². The van der Waals surface area contributed by atoms with Crippen LogP contribution in [0.4, 0.5) is 0 Å². The fourth-order valence-corrected chi connectivity index (χ4v) is 7.33. The number of fused-ring (bicyclic) bond motifs is 5. The van der Waals surface area contributed by atoms with Gasteiger partial charge in [0.15, 0.2) is 23.1 Å². The number of hydrogen-bond acceptors (Lipinski definition) is 10. The molecule has 0 spiro atoms. The average molecular weight is 525 g/mol. The Hall–Kier alpha value is -3.21. The molecule has 10 nitrogen and oxygen atoms in total. The molecule has 2 aliphatic carbocycles. The van der Waals surface area contributed by atoms with Gasteiger partial charge in [-0.05, 0) is 40.7 Å². The molecule has 202 valence electrons. The number of carbonyl (C=O) groups excluding carboxylic acids is 5. The number of hydrogen-bond donors (Lipinski definition) is 1. The minimum Gasteiger partial charge on any atom is -0.492 e. The molecule has 5 unspecified atom stereocenters. The monoisotopic (exact) mass is 524 g/mol. The van der Waals surface area contributed by atoms with E-state index in [4.69, 9.17) is 9.47 Å². The van der Waals surface area contributed by atoms with Crippen LogP contribution >= 0.6 is 0 Å². The Morgan fingerprint density at radius 3 is 1.87 bits per heavy atom. The summed E-state index contributed by atoms with van der Waals surface area (Å²) in [6.07, 6.45) is 0.472. The fourth-order valence-electron chi connectivity index (χ4n) is 7.33. The van der Waals surface area contributed by atoms with Crippen molar-refractivity contribution in [3.05, 3.63) is 45.0 Å². The third-order valence-corrected chi connectivity index (χ3v) is 8.89. The molecule has 0 radical (unpaired) electrons. The first-order valence-electron chi connectivity index (χ1n) is 12.7. The van der Waals surface area contributed by atoms with Gasteiger partial charge in [-0.1, -0.05) is 0 Å². The normalized spacial score (nSPS) is 32.0. The second-order valence-electron chi connectivity index (χ2n) is 10.7. The van der Waals surface area contributed by atoms with E-state index in [1.165, 1.54) is 28.1 Å². The van der Waals surface area contributed by atoms with Crippen LogP contribution in [0.5, 0.6) is 0 Å². The average Bonchev–Trinajstić information content (AvgIpc) is 2.87. The van der Waals surface area contributed by atoms with E-state index in [9.17, 15) is 29.1 Å². The van der Waals surface area contributed by atoms with Crippen LogP contribution in [0.2, 0.25) is 0 Å². The van der Waals surface area contributed by atoms with E-state index in [2.05, 4.69) is 0 Å². The number of piperazine rings is 1. The van der Waals surface area contributed by atoms with Gasteiger partial charge in [-0.2, -0.15) is 0 Å². The summed E-state index contributed by atoms with van der Waals surface area (Å²) < 4.78 is 10.6. The Bertz CT molecular complexity index is 1330. The van der Waals surface area contributed by atoms with Crippen LogP contribution in [-0.2, 0) is 33.4 Å². The number of methoxy groups -OCH3 is 2. The first kappa shape index (κ1) is 26.4. The van der Waals surface area contributed by atoms with Crippen LogP contribution in [0.25, 0.3) is 0 Å². The number of rotatable bonds is 5. The predicted molar refractivity (Wildman–Crippen MR) is 134 cm³/mol. The van der Waals surface area contributed by atoms with Crippen molar-refractivity contribution in [2.75, 3.05) is 27.9 Å². The van der Waals surface area contributed by atoms with Gasteiger partial charge in [0.2, 0.25) is 11.6 Å². The smallest absolute Gasteiger partial charge is 0.226 e. The summed E-state index contributed by atoms with van der Waals surface area (Å²) in [5.41, 5.74) is 1.65. The van der Waals surface area contributed by atoms with Crippen LogP contribution in [0.3, 0.4) is 0 Å². The molecule has 2 bridgehead atoms. The van der Waals surface area contributed by atoms with Crippen molar-refractivity contribution >= 4 is 28.9 Å². The van der Waals surface area contributed by atoms with E-state index in [0.29, 0.717) is 11.1 Å². The highest BCUT2D eigenvalue weighted by Gasteiger charge is 2.59. The van der Waals surface area contributed by atoms with Crippen molar-refractivity contribution in [1.82, 2.24) is 9.80 Å². The first-order valence-corrected chi connectivity index (χ1v) is 12.7. The molecule has 1 saturated heterocycles. The Balaban J connectivity index is 1.73. The zero-order valence-electron chi connectivity index (χ0n) is 22.4. The maximum absolute atomic E-state index is 13.7. The lowest BCUT2D eigenvalue weighted by Crippen LogP contribution is -2.74. The van der Waals surface area contributed by atoms with Crippen LogP contribution in [0.15, 0.2) is 45.0 Å². The number of aliphatic hydroxyl groups is 1. The molecule has 5 aliphatic rings. The quantitative estimate of drug-likeness (QED) is 0.510. The number of ketones is 5. The molecule has 5 rings (SSSR count). The van der Waals surface area contributed by atoms with Gasteiger partial charge < -0.3 is 14.6 Å². The van der Waals surface area contributed by atoms with E-state index in [1.54, 1.807) is 6.92 Å². The minimum absolute atomic E-state index is 0.000124. The summed E-state index contributed by atoms with van der Waals surface area (Å²) in [7, 11) is 4.55. The van der Waals surface area contributed by atoms with E-state index >= 15 is 0 Å². The number of likely N-dealkylation sites (N-methyl/N-ethyl adjacent to an activating group) is 1. The second-order valence-corrected chi connectivity index (χ2v) is 10.7. The van der Waals surface area contributed by atoms with Crippen molar-refractivity contribution in [3.8, 4) is 0 Å². The summed E-state index contributed by atoms with van der Waals surface area (Å²) in [4.78, 5) is 70.6. The lowest BCUT2D eigenvalue weighted by Gasteiger charge is -2.61. The lowest BCUT2D eigenvalue weighted by molar-refractivity contribution is -0.132. The van der Waals surface area contributed by atoms with Crippen molar-refractivity contribution in [2.24, 2.45) is 0 Å². The number of Topliss-reactive ketones (excluding diaryl/α,β-unsaturated/α-hetero) is 5. The summed E-state index contributed by atoms with van der Waals surface area (Å²) in [5, 5.41) is 10.7. The summed E-state index contributed by atoms with van der Waals surface area (Å²) >= 11 is 0. The Morgan fingerprint density at radius 2 is 1.37 bits per heavy atom. The maximum Gasteiger partial charge on any atom is 0.226 e. The van der Waals surface area contributed by atoms with E-state index < -0.39 is 36.6 Å². The van der Waals surface area contributed by atoms with Crippen LogP contribution in [-0.4, -0.2) is 102 Å². The van der Waals surface area contributed by atoms with Gasteiger partial charge in [-0.3, -0.25) is 33.8 Å². The molecule has 0 aromatic carbocycles. The van der Waals surface area contributed by atoms with Gasteiger partial charge in [0.05, 0.1) is 32.9 Å². The van der Waals surface area contributed by atoms with Crippen molar-refractivity contribution in [1.29, 1.82) is 0 Å². The highest BCUT2D eigenvalue weighted by Crippen LogP contribution is 2.49. The minimum atomic E-state index is -0.878. The zero-order valence-corrected chi connectivity index (χ0v) is 22.4. The van der Waals surface area contributed by atoms with Crippen molar-refractivity contribution < 1.29 is 38.6 Å². The number of allylic oxidation sites excluding steroid dienone is 4. The SMILES string of the molecule is COC1=C(C)C(=O)C2=C(C1=O)C1C3CC4=C(C(=O)C(OC)=C(C)C4=O)C(CO)N3C(CC(C)=O)C(C2)N1C. The molecule has 3 aliphatic heterocycles. The van der Waals surface area contributed by atoms with Gasteiger partial charge in [0.1, 0.15) is 5.78 Å². The first-order chi connectivity index (χ1) is 18.0. The van der Waals surface area contributed by atoms with Gasteiger partial charge in [0, 0.05) is 58.0 Å². The van der Waals surface area contributed by atoms with Crippen LogP contribution in [0, 0.1) is 0 Å². The number of ether oxygens (including phenoxy) is 2. The van der Waals surface area contributed by atoms with Crippen molar-refractivity contribution in [3.63, 3.8) is 0 Å². The summed E-state index contributed by atoms with van der Waals surface area (Å²) in [5.74, 6) is -1.55. The van der Waals surface area contributed by atoms with E-state index in [1.807, 2.05) is 16.8 Å². The molecule has 1 N–H and O–H groups in total. The molecule has 5 atom stereocenters. The van der Waals surface area contributed by atoms with Gasteiger partial charge in [-0.25, -0.2) is 0 Å². The van der Waals surface area contributed by atoms with E-state index in [-0.39, 0.29) is 82.2 Å². The molecular formula is C28H32N2O8. The molecule has 0 aromatic heterocycles. The standard InChI is InChI=1S/C28H32N2O8/c1-11(32)7-17-16-8-15-21(26(36)28(38-6)13(3)24(15)34)22(29(16)4)18-9-14-20(19(10-31)30(17)18)25(35)27(37-5)12(2)23(14)33/h16-19,22,31H,7-10H2,1-6H3. The highest BCUT2D eigenvalue weighted by molar-refractivity contribution is 6.26. The molecule has 10 heteroatoms. The summed E-state index contributed by atoms with van der Waals surface area (Å²) in [6.45, 7) is 4.12. The Labute approximate surface area is 220 Å². The fraction of sp³-hybridized carbons (Fsp3) is 0.536. The number of nitrogens with zero attached hydrogens (tertiary/aromatic N) is 2. The third kappa shape index (κ3) is 3.40. The Kier molecular flexibility index (Phi) is 6.40. The maximum atomic E-state index is 13.7. The number of aliphatic hydroxyl groups excluding tert-OH is 1. The van der Waals surface area contributed by atoms with Crippen LogP contribution < -0.4 is 0 Å². The molecule has 3 heterocycles. The Morgan fingerprint density at radius 1 is 0.868 bits per heavy atom. The summed E-state index contributed by atoms with van der Waals surface area (Å²) in [6, 6.07) is -2.84. The highest BCUT2D eigenvalue weighted by atomic mass is 16.5. The molecular weight excluding hydrogens is 492 g/mol. The van der Waals surface area contributed by atoms with E-state index in [0.717, 1.165) is 0 Å². The zero-order chi connectivity index (χ0) is 27.8. The molecule has 0 amide bonds. The van der Waals surface area contributed by atoms with Crippen LogP contribution in [0.1, 0.15) is 40.0 Å². The largest absolute Gasteiger partial charge is 0.492 e. The molecule has 0 aromatic rings. The molecule has 0 saturated carbocycles. The predicted octanol–water partition coefficient (Wildman–Crippen LogP) is 0.593. The second kappa shape index (κ2) is 9.21. The molecule has 38 heavy (non-hydrogen) atoms.